The molecule has 0 amide bonds. The van der Waals surface area contributed by atoms with Crippen molar-refractivity contribution in [2.75, 3.05) is 49.3 Å². The van der Waals surface area contributed by atoms with E-state index in [2.05, 4.69) is 39.0 Å². The highest BCUT2D eigenvalue weighted by Crippen LogP contribution is 2.39. The number of benzene rings is 1. The summed E-state index contributed by atoms with van der Waals surface area (Å²) in [5.74, 6) is 1.83. The standard InChI is InChI=1S/C22H25N5O2/c1-2-18(17-4-7-23-19(17)3-1)21-24-12-20-22(25-21)26-8-11-29-14-16(26)13-27(20)15-5-9-28-10-6-15/h1-4,7,12,15-16,23H,5-6,8-11,13-14H2. The number of hydrogen-bond donors (Lipinski definition) is 1. The number of rotatable bonds is 2. The predicted molar refractivity (Wildman–Crippen MR) is 112 cm³/mol. The van der Waals surface area contributed by atoms with E-state index in [1.54, 1.807) is 0 Å². The van der Waals surface area contributed by atoms with Crippen molar-refractivity contribution >= 4 is 22.4 Å². The van der Waals surface area contributed by atoms with E-state index in [0.717, 1.165) is 86.2 Å². The first-order valence-corrected chi connectivity index (χ1v) is 10.5. The maximum atomic E-state index is 5.81. The topological polar surface area (TPSA) is 66.5 Å². The molecule has 7 heteroatoms. The van der Waals surface area contributed by atoms with Gasteiger partial charge in [0.05, 0.1) is 31.1 Å². The van der Waals surface area contributed by atoms with E-state index in [1.807, 2.05) is 12.4 Å². The first-order valence-electron chi connectivity index (χ1n) is 10.5. The summed E-state index contributed by atoms with van der Waals surface area (Å²) in [5.41, 5.74) is 3.33. The molecule has 1 unspecified atom stereocenters. The average molecular weight is 391 g/mol. The normalized spacial score (nSPS) is 22.6. The van der Waals surface area contributed by atoms with E-state index in [4.69, 9.17) is 19.4 Å². The number of aromatic amines is 1. The molecule has 3 aliphatic rings. The van der Waals surface area contributed by atoms with Gasteiger partial charge in [-0.2, -0.15) is 0 Å². The molecule has 0 radical (unpaired) electrons. The van der Waals surface area contributed by atoms with E-state index in [-0.39, 0.29) is 0 Å². The second-order valence-corrected chi connectivity index (χ2v) is 8.06. The van der Waals surface area contributed by atoms with Gasteiger partial charge in [-0.3, -0.25) is 0 Å². The van der Waals surface area contributed by atoms with Crippen LogP contribution in [-0.2, 0) is 9.47 Å². The quantitative estimate of drug-likeness (QED) is 0.725. The minimum Gasteiger partial charge on any atom is -0.381 e. The SMILES string of the molecule is c1cc(-c2ncc3c(n2)N2CCOCC2CN3C2CCOCC2)c2cc[nH]c2c1. The second-order valence-electron chi connectivity index (χ2n) is 8.06. The molecule has 0 bridgehead atoms. The monoisotopic (exact) mass is 391 g/mol. The maximum Gasteiger partial charge on any atom is 0.162 e. The van der Waals surface area contributed by atoms with Crippen molar-refractivity contribution in [2.24, 2.45) is 0 Å². The molecule has 2 saturated heterocycles. The Kier molecular flexibility index (Phi) is 4.16. The lowest BCUT2D eigenvalue weighted by molar-refractivity contribution is 0.0762. The Morgan fingerprint density at radius 1 is 1.00 bits per heavy atom. The molecule has 3 aromatic rings. The van der Waals surface area contributed by atoms with Crippen molar-refractivity contribution in [3.63, 3.8) is 0 Å². The van der Waals surface area contributed by atoms with Crippen LogP contribution in [0.4, 0.5) is 11.5 Å². The van der Waals surface area contributed by atoms with Gasteiger partial charge in [-0.1, -0.05) is 12.1 Å². The third-order valence-corrected chi connectivity index (χ3v) is 6.43. The fourth-order valence-corrected chi connectivity index (χ4v) is 4.94. The van der Waals surface area contributed by atoms with Gasteiger partial charge >= 0.3 is 0 Å². The lowest BCUT2D eigenvalue weighted by Gasteiger charge is -2.48. The number of hydrogen-bond acceptors (Lipinski definition) is 6. The van der Waals surface area contributed by atoms with E-state index in [1.165, 1.54) is 0 Å². The van der Waals surface area contributed by atoms with Gasteiger partial charge in [-0.05, 0) is 25.0 Å². The van der Waals surface area contributed by atoms with E-state index >= 15 is 0 Å². The summed E-state index contributed by atoms with van der Waals surface area (Å²) in [5, 5.41) is 1.16. The lowest BCUT2D eigenvalue weighted by atomic mass is 10.0. The molecule has 29 heavy (non-hydrogen) atoms. The fraction of sp³-hybridized carbons (Fsp3) is 0.455. The summed E-state index contributed by atoms with van der Waals surface area (Å²) in [6, 6.07) is 9.16. The highest BCUT2D eigenvalue weighted by molar-refractivity contribution is 5.93. The molecule has 1 N–H and O–H groups in total. The van der Waals surface area contributed by atoms with Gasteiger partial charge in [0.25, 0.3) is 0 Å². The van der Waals surface area contributed by atoms with Gasteiger partial charge in [0.2, 0.25) is 0 Å². The third kappa shape index (κ3) is 2.88. The molecule has 3 aliphatic heterocycles. The van der Waals surface area contributed by atoms with Crippen molar-refractivity contribution in [3.8, 4) is 11.4 Å². The summed E-state index contributed by atoms with van der Waals surface area (Å²) in [7, 11) is 0. The first-order chi connectivity index (χ1) is 14.4. The Morgan fingerprint density at radius 3 is 2.86 bits per heavy atom. The highest BCUT2D eigenvalue weighted by atomic mass is 16.5. The summed E-state index contributed by atoms with van der Waals surface area (Å²) >= 11 is 0. The Balaban J connectivity index is 1.46. The largest absolute Gasteiger partial charge is 0.381 e. The van der Waals surface area contributed by atoms with Crippen LogP contribution in [0, 0.1) is 0 Å². The Morgan fingerprint density at radius 2 is 1.93 bits per heavy atom. The number of nitrogens with zero attached hydrogens (tertiary/aromatic N) is 4. The molecular weight excluding hydrogens is 366 g/mol. The molecule has 150 valence electrons. The summed E-state index contributed by atoms with van der Waals surface area (Å²) in [4.78, 5) is 18.2. The number of morpholine rings is 1. The number of nitrogens with one attached hydrogen (secondary N) is 1. The van der Waals surface area contributed by atoms with Crippen LogP contribution in [0.2, 0.25) is 0 Å². The Hall–Kier alpha value is -2.64. The number of anilines is 2. The van der Waals surface area contributed by atoms with Crippen LogP contribution >= 0.6 is 0 Å². The molecule has 0 aliphatic carbocycles. The predicted octanol–water partition coefficient (Wildman–Crippen LogP) is 2.83. The van der Waals surface area contributed by atoms with Crippen molar-refractivity contribution in [3.05, 3.63) is 36.7 Å². The van der Waals surface area contributed by atoms with Crippen LogP contribution in [0.25, 0.3) is 22.3 Å². The van der Waals surface area contributed by atoms with Crippen LogP contribution in [0.1, 0.15) is 12.8 Å². The van der Waals surface area contributed by atoms with Gasteiger partial charge in [-0.15, -0.1) is 0 Å². The molecule has 2 aromatic heterocycles. The Bertz CT molecular complexity index is 1030. The zero-order valence-corrected chi connectivity index (χ0v) is 16.4. The minimum absolute atomic E-state index is 0.338. The summed E-state index contributed by atoms with van der Waals surface area (Å²) in [6.45, 7) is 5.01. The van der Waals surface area contributed by atoms with Crippen LogP contribution in [0.15, 0.2) is 36.7 Å². The average Bonchev–Trinajstić information content (AvgIpc) is 3.28. The van der Waals surface area contributed by atoms with Crippen molar-refractivity contribution in [1.82, 2.24) is 15.0 Å². The molecule has 7 nitrogen and oxygen atoms in total. The molecule has 6 rings (SSSR count). The van der Waals surface area contributed by atoms with Crippen molar-refractivity contribution in [1.29, 1.82) is 0 Å². The minimum atomic E-state index is 0.338. The number of ether oxygens (including phenoxy) is 2. The van der Waals surface area contributed by atoms with Crippen LogP contribution in [0.3, 0.4) is 0 Å². The van der Waals surface area contributed by atoms with Gasteiger partial charge in [0, 0.05) is 55.0 Å². The molecule has 0 spiro atoms. The van der Waals surface area contributed by atoms with Gasteiger partial charge < -0.3 is 24.3 Å². The molecular formula is C22H25N5O2. The maximum absolute atomic E-state index is 5.81. The number of fused-ring (bicyclic) bond motifs is 4. The highest BCUT2D eigenvalue weighted by Gasteiger charge is 2.37. The molecule has 5 heterocycles. The second kappa shape index (κ2) is 7.00. The third-order valence-electron chi connectivity index (χ3n) is 6.43. The van der Waals surface area contributed by atoms with Crippen LogP contribution in [-0.4, -0.2) is 66.6 Å². The van der Waals surface area contributed by atoms with Crippen molar-refractivity contribution in [2.45, 2.75) is 24.9 Å². The molecule has 0 saturated carbocycles. The van der Waals surface area contributed by atoms with Gasteiger partial charge in [-0.25, -0.2) is 9.97 Å². The van der Waals surface area contributed by atoms with E-state index < -0.39 is 0 Å². The lowest BCUT2D eigenvalue weighted by Crippen LogP contribution is -2.58. The molecule has 1 atom stereocenters. The number of H-pyrrole nitrogens is 1. The van der Waals surface area contributed by atoms with E-state index in [9.17, 15) is 0 Å². The molecule has 1 aromatic carbocycles. The zero-order chi connectivity index (χ0) is 19.2. The summed E-state index contributed by atoms with van der Waals surface area (Å²) < 4.78 is 11.4. The summed E-state index contributed by atoms with van der Waals surface area (Å²) in [6.07, 6.45) is 6.11. The van der Waals surface area contributed by atoms with E-state index in [0.29, 0.717) is 12.1 Å². The zero-order valence-electron chi connectivity index (χ0n) is 16.4. The van der Waals surface area contributed by atoms with Crippen LogP contribution < -0.4 is 9.80 Å². The van der Waals surface area contributed by atoms with Crippen LogP contribution in [0.5, 0.6) is 0 Å². The number of aromatic nitrogens is 3. The van der Waals surface area contributed by atoms with Gasteiger partial charge in [0.15, 0.2) is 11.6 Å². The van der Waals surface area contributed by atoms with Gasteiger partial charge in [0.1, 0.15) is 0 Å². The Labute approximate surface area is 169 Å². The smallest absolute Gasteiger partial charge is 0.162 e. The molecule has 2 fully saturated rings. The first kappa shape index (κ1) is 17.2. The fourth-order valence-electron chi connectivity index (χ4n) is 4.94. The van der Waals surface area contributed by atoms with Crippen molar-refractivity contribution < 1.29 is 9.47 Å².